The van der Waals surface area contributed by atoms with Crippen LogP contribution in [0.2, 0.25) is 0 Å². The minimum Gasteiger partial charge on any atom is -0.507 e. The summed E-state index contributed by atoms with van der Waals surface area (Å²) in [5.74, 6) is 0.0894. The van der Waals surface area contributed by atoms with Crippen LogP contribution in [0.3, 0.4) is 0 Å². The number of hydrogen-bond acceptors (Lipinski definition) is 3. The number of nitrogens with zero attached hydrogens (tertiary/aromatic N) is 1. The first kappa shape index (κ1) is 15.1. The summed E-state index contributed by atoms with van der Waals surface area (Å²) >= 11 is 0. The topological polar surface area (TPSA) is 52.8 Å². The van der Waals surface area contributed by atoms with Crippen molar-refractivity contribution in [1.29, 1.82) is 0 Å². The van der Waals surface area contributed by atoms with Gasteiger partial charge in [0.15, 0.2) is 0 Å². The van der Waals surface area contributed by atoms with Crippen molar-refractivity contribution in [3.63, 3.8) is 0 Å². The molecule has 110 valence electrons. The zero-order valence-electron chi connectivity index (χ0n) is 12.7. The lowest BCUT2D eigenvalue weighted by Crippen LogP contribution is -1.98. The summed E-state index contributed by atoms with van der Waals surface area (Å²) in [5.41, 5.74) is 4.29. The first-order chi connectivity index (χ1) is 10.1. The zero-order valence-corrected chi connectivity index (χ0v) is 12.7. The van der Waals surface area contributed by atoms with E-state index in [2.05, 4.69) is 31.0 Å². The van der Waals surface area contributed by atoms with Gasteiger partial charge in [0.25, 0.3) is 0 Å². The van der Waals surface area contributed by atoms with Crippen molar-refractivity contribution in [2.24, 2.45) is 4.99 Å². The second-order valence-corrected chi connectivity index (χ2v) is 5.00. The Balaban J connectivity index is 2.58. The fourth-order valence-corrected chi connectivity index (χ4v) is 2.48. The van der Waals surface area contributed by atoms with Gasteiger partial charge in [0, 0.05) is 0 Å². The van der Waals surface area contributed by atoms with Gasteiger partial charge in [-0.15, -0.1) is 0 Å². The van der Waals surface area contributed by atoms with E-state index in [1.54, 1.807) is 25.1 Å². The van der Waals surface area contributed by atoms with Crippen LogP contribution >= 0.6 is 0 Å². The van der Waals surface area contributed by atoms with Crippen molar-refractivity contribution in [2.75, 3.05) is 0 Å². The lowest BCUT2D eigenvalue weighted by molar-refractivity contribution is 0.448. The van der Waals surface area contributed by atoms with E-state index in [-0.39, 0.29) is 11.5 Å². The number of hydrogen-bond donors (Lipinski definition) is 2. The molecule has 0 atom stereocenters. The average Bonchev–Trinajstić information content (AvgIpc) is 2.47. The molecule has 0 aliphatic rings. The van der Waals surface area contributed by atoms with Crippen molar-refractivity contribution in [3.8, 4) is 11.5 Å². The fraction of sp³-hybridized carbons (Fsp3) is 0.278. The van der Waals surface area contributed by atoms with E-state index in [1.165, 1.54) is 11.1 Å². The third-order valence-electron chi connectivity index (χ3n) is 3.63. The normalized spacial score (nSPS) is 11.7. The minimum atomic E-state index is 0.0447. The molecule has 0 unspecified atom stereocenters. The van der Waals surface area contributed by atoms with Gasteiger partial charge in [-0.25, -0.2) is 0 Å². The second kappa shape index (κ2) is 6.44. The van der Waals surface area contributed by atoms with Gasteiger partial charge in [-0.2, -0.15) is 0 Å². The highest BCUT2D eigenvalue weighted by atomic mass is 16.3. The van der Waals surface area contributed by atoms with E-state index in [0.29, 0.717) is 11.3 Å². The van der Waals surface area contributed by atoms with Crippen LogP contribution in [0.1, 0.15) is 37.5 Å². The molecule has 3 nitrogen and oxygen atoms in total. The maximum Gasteiger partial charge on any atom is 0.128 e. The SMILES string of the molecule is CCc1cccc(CC)c1N=C(C)c1c(O)cccc1O. The molecule has 0 saturated heterocycles. The molecule has 0 spiro atoms. The average molecular weight is 283 g/mol. The lowest BCUT2D eigenvalue weighted by Gasteiger charge is -2.11. The molecule has 2 aromatic rings. The van der Waals surface area contributed by atoms with Crippen LogP contribution in [-0.4, -0.2) is 15.9 Å². The number of phenolic OH excluding ortho intramolecular Hbond substituents is 2. The number of aliphatic imine (C=N–C) groups is 1. The van der Waals surface area contributed by atoms with Crippen molar-refractivity contribution in [2.45, 2.75) is 33.6 Å². The molecule has 0 heterocycles. The largest absolute Gasteiger partial charge is 0.507 e. The van der Waals surface area contributed by atoms with E-state index in [0.717, 1.165) is 18.5 Å². The minimum absolute atomic E-state index is 0.0447. The van der Waals surface area contributed by atoms with Gasteiger partial charge in [-0.05, 0) is 43.0 Å². The third-order valence-corrected chi connectivity index (χ3v) is 3.63. The van der Waals surface area contributed by atoms with Gasteiger partial charge >= 0.3 is 0 Å². The van der Waals surface area contributed by atoms with Crippen LogP contribution in [0, 0.1) is 0 Å². The molecule has 0 aliphatic heterocycles. The molecule has 0 amide bonds. The number of aromatic hydroxyl groups is 2. The van der Waals surface area contributed by atoms with Gasteiger partial charge in [-0.1, -0.05) is 38.1 Å². The van der Waals surface area contributed by atoms with E-state index in [4.69, 9.17) is 0 Å². The Kier molecular flexibility index (Phi) is 4.63. The Labute approximate surface area is 125 Å². The van der Waals surface area contributed by atoms with Gasteiger partial charge in [-0.3, -0.25) is 4.99 Å². The Bertz CT molecular complexity index is 632. The standard InChI is InChI=1S/C18H21NO2/c1-4-13-8-6-9-14(5-2)18(13)19-12(3)17-15(20)10-7-11-16(17)21/h6-11,20-21H,4-5H2,1-3H3. The van der Waals surface area contributed by atoms with Crippen LogP contribution in [0.15, 0.2) is 41.4 Å². The number of para-hydroxylation sites is 1. The summed E-state index contributed by atoms with van der Waals surface area (Å²) < 4.78 is 0. The van der Waals surface area contributed by atoms with Gasteiger partial charge < -0.3 is 10.2 Å². The Hall–Kier alpha value is -2.29. The fourth-order valence-electron chi connectivity index (χ4n) is 2.48. The maximum atomic E-state index is 9.95. The van der Waals surface area contributed by atoms with Crippen molar-refractivity contribution in [3.05, 3.63) is 53.1 Å². The molecule has 21 heavy (non-hydrogen) atoms. The van der Waals surface area contributed by atoms with E-state index in [1.807, 2.05) is 6.07 Å². The Morgan fingerprint density at radius 3 is 1.86 bits per heavy atom. The smallest absolute Gasteiger partial charge is 0.128 e. The van der Waals surface area contributed by atoms with E-state index >= 15 is 0 Å². The molecule has 3 heteroatoms. The molecular weight excluding hydrogens is 262 g/mol. The first-order valence-corrected chi connectivity index (χ1v) is 7.25. The van der Waals surface area contributed by atoms with Gasteiger partial charge in [0.2, 0.25) is 0 Å². The lowest BCUT2D eigenvalue weighted by atomic mass is 10.0. The summed E-state index contributed by atoms with van der Waals surface area (Å²) in [5, 5.41) is 19.9. The Morgan fingerprint density at radius 1 is 0.905 bits per heavy atom. The quantitative estimate of drug-likeness (QED) is 0.819. The molecule has 0 fully saturated rings. The molecule has 0 aliphatic carbocycles. The van der Waals surface area contributed by atoms with Gasteiger partial charge in [0.1, 0.15) is 11.5 Å². The summed E-state index contributed by atoms with van der Waals surface area (Å²) in [6.07, 6.45) is 1.79. The molecule has 0 radical (unpaired) electrons. The first-order valence-electron chi connectivity index (χ1n) is 7.25. The van der Waals surface area contributed by atoms with Crippen molar-refractivity contribution >= 4 is 11.4 Å². The summed E-state index contributed by atoms with van der Waals surface area (Å²) in [7, 11) is 0. The molecule has 0 bridgehead atoms. The summed E-state index contributed by atoms with van der Waals surface area (Å²) in [6, 6.07) is 10.9. The monoisotopic (exact) mass is 283 g/mol. The number of aryl methyl sites for hydroxylation is 2. The van der Waals surface area contributed by atoms with Crippen LogP contribution in [-0.2, 0) is 12.8 Å². The highest BCUT2D eigenvalue weighted by Gasteiger charge is 2.12. The van der Waals surface area contributed by atoms with Crippen molar-refractivity contribution < 1.29 is 10.2 Å². The zero-order chi connectivity index (χ0) is 15.4. The number of benzene rings is 2. The summed E-state index contributed by atoms with van der Waals surface area (Å²) in [4.78, 5) is 4.69. The molecule has 2 N–H and O–H groups in total. The van der Waals surface area contributed by atoms with Crippen LogP contribution in [0.25, 0.3) is 0 Å². The van der Waals surface area contributed by atoms with Crippen LogP contribution < -0.4 is 0 Å². The van der Waals surface area contributed by atoms with E-state index in [9.17, 15) is 10.2 Å². The number of phenols is 2. The summed E-state index contributed by atoms with van der Waals surface area (Å²) in [6.45, 7) is 6.00. The predicted octanol–water partition coefficient (Wildman–Crippen LogP) is 4.36. The Morgan fingerprint density at radius 2 is 1.38 bits per heavy atom. The van der Waals surface area contributed by atoms with Crippen LogP contribution in [0.5, 0.6) is 11.5 Å². The highest BCUT2D eigenvalue weighted by Crippen LogP contribution is 2.31. The van der Waals surface area contributed by atoms with E-state index < -0.39 is 0 Å². The third kappa shape index (κ3) is 3.07. The highest BCUT2D eigenvalue weighted by molar-refractivity contribution is 6.04. The molecule has 0 aromatic heterocycles. The molecule has 2 rings (SSSR count). The molecule has 2 aromatic carbocycles. The van der Waals surface area contributed by atoms with Crippen molar-refractivity contribution in [1.82, 2.24) is 0 Å². The van der Waals surface area contributed by atoms with Crippen LogP contribution in [0.4, 0.5) is 5.69 Å². The second-order valence-electron chi connectivity index (χ2n) is 5.00. The predicted molar refractivity (Wildman–Crippen MR) is 86.8 cm³/mol. The number of rotatable bonds is 4. The maximum absolute atomic E-state index is 9.95. The molecule has 0 saturated carbocycles. The van der Waals surface area contributed by atoms with Gasteiger partial charge in [0.05, 0.1) is 17.0 Å². The molecular formula is C18H21NO2.